The molecule has 0 saturated heterocycles. The molecule has 0 aliphatic carbocycles. The van der Waals surface area contributed by atoms with Crippen molar-refractivity contribution in [3.8, 4) is 0 Å². The first kappa shape index (κ1) is 14.4. The van der Waals surface area contributed by atoms with Crippen molar-refractivity contribution in [1.82, 2.24) is 5.32 Å². The molecule has 1 heterocycles. The molecule has 1 aromatic carbocycles. The van der Waals surface area contributed by atoms with Gasteiger partial charge >= 0.3 is 0 Å². The first-order valence-electron chi connectivity index (χ1n) is 6.42. The third-order valence-electron chi connectivity index (χ3n) is 3.21. The molecule has 0 radical (unpaired) electrons. The average Bonchev–Trinajstić information content (AvgIpc) is 2.76. The van der Waals surface area contributed by atoms with E-state index in [1.54, 1.807) is 36.6 Å². The van der Waals surface area contributed by atoms with Crippen molar-refractivity contribution in [2.24, 2.45) is 0 Å². The monoisotopic (exact) mass is 289 g/mol. The fourth-order valence-electron chi connectivity index (χ4n) is 1.91. The average molecular weight is 289 g/mol. The zero-order valence-corrected chi connectivity index (χ0v) is 12.7. The van der Waals surface area contributed by atoms with E-state index in [9.17, 15) is 4.79 Å². The van der Waals surface area contributed by atoms with Crippen LogP contribution in [0, 0.1) is 13.8 Å². The second-order valence-corrected chi connectivity index (χ2v) is 6.03. The first-order valence-corrected chi connectivity index (χ1v) is 7.24. The summed E-state index contributed by atoms with van der Waals surface area (Å²) >= 11 is 1.77. The molecule has 4 N–H and O–H groups in total. The maximum atomic E-state index is 11.6. The van der Waals surface area contributed by atoms with Crippen molar-refractivity contribution in [3.63, 3.8) is 0 Å². The number of nitrogen functional groups attached to an aromatic ring is 1. The number of benzene rings is 1. The molecule has 2 rings (SSSR count). The Morgan fingerprint density at radius 3 is 2.65 bits per heavy atom. The highest BCUT2D eigenvalue weighted by Crippen LogP contribution is 2.24. The van der Waals surface area contributed by atoms with Crippen molar-refractivity contribution in [2.45, 2.75) is 20.4 Å². The summed E-state index contributed by atoms with van der Waals surface area (Å²) in [6.07, 6.45) is 0. The molecule has 0 saturated carbocycles. The highest BCUT2D eigenvalue weighted by molar-refractivity contribution is 7.12. The second-order valence-electron chi connectivity index (χ2n) is 4.69. The molecule has 0 aliphatic rings. The van der Waals surface area contributed by atoms with E-state index in [4.69, 9.17) is 5.73 Å². The molecule has 1 aromatic heterocycles. The summed E-state index contributed by atoms with van der Waals surface area (Å²) < 4.78 is 0. The van der Waals surface area contributed by atoms with Crippen molar-refractivity contribution in [3.05, 3.63) is 45.1 Å². The molecule has 0 spiro atoms. The molecular formula is C15H19N3OS. The number of aryl methyl sites for hydroxylation is 2. The van der Waals surface area contributed by atoms with Crippen LogP contribution in [0.2, 0.25) is 0 Å². The van der Waals surface area contributed by atoms with Crippen molar-refractivity contribution >= 4 is 28.6 Å². The van der Waals surface area contributed by atoms with Gasteiger partial charge in [0.25, 0.3) is 5.91 Å². The maximum absolute atomic E-state index is 11.6. The van der Waals surface area contributed by atoms with Gasteiger partial charge in [-0.2, -0.15) is 0 Å². The Balaban J connectivity index is 2.14. The minimum atomic E-state index is -0.115. The summed E-state index contributed by atoms with van der Waals surface area (Å²) in [5.74, 6) is -0.115. The topological polar surface area (TPSA) is 67.2 Å². The second kappa shape index (κ2) is 5.96. The van der Waals surface area contributed by atoms with Gasteiger partial charge in [0.15, 0.2) is 0 Å². The van der Waals surface area contributed by atoms with E-state index in [2.05, 4.69) is 30.5 Å². The molecule has 0 aliphatic heterocycles. The molecule has 1 amide bonds. The van der Waals surface area contributed by atoms with Gasteiger partial charge in [0, 0.05) is 28.9 Å². The van der Waals surface area contributed by atoms with Crippen molar-refractivity contribution < 1.29 is 4.79 Å². The Labute approximate surface area is 123 Å². The number of amides is 1. The van der Waals surface area contributed by atoms with Crippen molar-refractivity contribution in [2.75, 3.05) is 18.1 Å². The van der Waals surface area contributed by atoms with Gasteiger partial charge in [-0.3, -0.25) is 4.79 Å². The number of hydrogen-bond acceptors (Lipinski definition) is 4. The zero-order chi connectivity index (χ0) is 14.7. The van der Waals surface area contributed by atoms with E-state index >= 15 is 0 Å². The molecule has 0 unspecified atom stereocenters. The van der Waals surface area contributed by atoms with Gasteiger partial charge in [-0.1, -0.05) is 0 Å². The molecule has 0 fully saturated rings. The van der Waals surface area contributed by atoms with Crippen LogP contribution in [0.25, 0.3) is 0 Å². The van der Waals surface area contributed by atoms with Crippen LogP contribution < -0.4 is 16.4 Å². The summed E-state index contributed by atoms with van der Waals surface area (Å²) in [7, 11) is 1.61. The quantitative estimate of drug-likeness (QED) is 0.758. The number of carbonyl (C=O) groups is 1. The van der Waals surface area contributed by atoms with Crippen molar-refractivity contribution in [1.29, 1.82) is 0 Å². The van der Waals surface area contributed by atoms with E-state index in [0.717, 1.165) is 5.69 Å². The molecule has 2 aromatic rings. The number of nitrogens with two attached hydrogens (primary N) is 1. The predicted octanol–water partition coefficient (Wildman–Crippen LogP) is 2.92. The summed E-state index contributed by atoms with van der Waals surface area (Å²) in [5, 5.41) is 5.90. The Morgan fingerprint density at radius 1 is 1.30 bits per heavy atom. The smallest absolute Gasteiger partial charge is 0.251 e. The van der Waals surface area contributed by atoms with Crippen LogP contribution in [-0.4, -0.2) is 13.0 Å². The Bertz CT molecular complexity index is 615. The first-order chi connectivity index (χ1) is 9.51. The Hall–Kier alpha value is -2.01. The molecule has 0 bridgehead atoms. The number of nitrogens with one attached hydrogen (secondary N) is 2. The molecule has 5 heteroatoms. The highest BCUT2D eigenvalue weighted by atomic mass is 32.1. The van der Waals surface area contributed by atoms with Gasteiger partial charge in [-0.15, -0.1) is 11.3 Å². The third-order valence-corrected chi connectivity index (χ3v) is 4.37. The fourth-order valence-corrected chi connectivity index (χ4v) is 2.91. The molecule has 0 atom stereocenters. The highest BCUT2D eigenvalue weighted by Gasteiger charge is 2.07. The van der Waals surface area contributed by atoms with Gasteiger partial charge in [-0.25, -0.2) is 0 Å². The lowest BCUT2D eigenvalue weighted by Crippen LogP contribution is -2.18. The normalized spacial score (nSPS) is 10.3. The maximum Gasteiger partial charge on any atom is 0.251 e. The Morgan fingerprint density at radius 2 is 2.05 bits per heavy atom. The Kier molecular flexibility index (Phi) is 4.29. The third kappa shape index (κ3) is 3.11. The molecule has 4 nitrogen and oxygen atoms in total. The van der Waals surface area contributed by atoms with E-state index in [1.807, 2.05) is 0 Å². The van der Waals surface area contributed by atoms with E-state index in [1.165, 1.54) is 15.3 Å². The van der Waals surface area contributed by atoms with Crippen LogP contribution in [0.1, 0.15) is 25.7 Å². The van der Waals surface area contributed by atoms with Gasteiger partial charge < -0.3 is 16.4 Å². The van der Waals surface area contributed by atoms with Crippen LogP contribution in [0.15, 0.2) is 24.3 Å². The summed E-state index contributed by atoms with van der Waals surface area (Å²) in [6.45, 7) is 4.93. The van der Waals surface area contributed by atoms with Crippen LogP contribution in [0.5, 0.6) is 0 Å². The molecule has 20 heavy (non-hydrogen) atoms. The van der Waals surface area contributed by atoms with Gasteiger partial charge in [0.1, 0.15) is 0 Å². The summed E-state index contributed by atoms with van der Waals surface area (Å²) in [5.41, 5.74) is 9.27. The largest absolute Gasteiger partial charge is 0.397 e. The minimum Gasteiger partial charge on any atom is -0.397 e. The van der Waals surface area contributed by atoms with Gasteiger partial charge in [0.05, 0.1) is 11.4 Å². The van der Waals surface area contributed by atoms with Gasteiger partial charge in [-0.05, 0) is 43.7 Å². The zero-order valence-electron chi connectivity index (χ0n) is 11.9. The van der Waals surface area contributed by atoms with Crippen LogP contribution in [-0.2, 0) is 6.54 Å². The predicted molar refractivity (Wildman–Crippen MR) is 85.4 cm³/mol. The van der Waals surface area contributed by atoms with E-state index in [-0.39, 0.29) is 5.91 Å². The van der Waals surface area contributed by atoms with E-state index in [0.29, 0.717) is 17.8 Å². The number of carbonyl (C=O) groups excluding carboxylic acids is 1. The number of rotatable bonds is 4. The van der Waals surface area contributed by atoms with Crippen LogP contribution in [0.3, 0.4) is 0 Å². The number of hydrogen-bond donors (Lipinski definition) is 3. The standard InChI is InChI=1S/C15H19N3OS/c1-9-6-12(20-10(9)2)8-18-14-7-11(15(19)17-3)4-5-13(14)16/h4-7,18H,8,16H2,1-3H3,(H,17,19). The lowest BCUT2D eigenvalue weighted by Gasteiger charge is -2.10. The number of anilines is 2. The fraction of sp³-hybridized carbons (Fsp3) is 0.267. The number of thiophene rings is 1. The van der Waals surface area contributed by atoms with Gasteiger partial charge in [0.2, 0.25) is 0 Å². The lowest BCUT2D eigenvalue weighted by molar-refractivity contribution is 0.0963. The minimum absolute atomic E-state index is 0.115. The summed E-state index contributed by atoms with van der Waals surface area (Å²) in [6, 6.07) is 7.42. The SMILES string of the molecule is CNC(=O)c1ccc(N)c(NCc2cc(C)c(C)s2)c1. The summed E-state index contributed by atoms with van der Waals surface area (Å²) in [4.78, 5) is 14.2. The lowest BCUT2D eigenvalue weighted by atomic mass is 10.1. The molecular weight excluding hydrogens is 270 g/mol. The van der Waals surface area contributed by atoms with E-state index < -0.39 is 0 Å². The molecule has 106 valence electrons. The van der Waals surface area contributed by atoms with Crippen LogP contribution in [0.4, 0.5) is 11.4 Å². The van der Waals surface area contributed by atoms with Crippen LogP contribution >= 0.6 is 11.3 Å².